The Kier molecular flexibility index (Phi) is 4.60. The Labute approximate surface area is 123 Å². The van der Waals surface area contributed by atoms with Crippen molar-refractivity contribution in [1.82, 2.24) is 0 Å². The summed E-state index contributed by atoms with van der Waals surface area (Å²) in [6.07, 6.45) is 0. The lowest BCUT2D eigenvalue weighted by Gasteiger charge is -2.08. The molecule has 0 saturated heterocycles. The second kappa shape index (κ2) is 6.60. The van der Waals surface area contributed by atoms with E-state index in [2.05, 4.69) is 17.2 Å². The van der Waals surface area contributed by atoms with Crippen molar-refractivity contribution in [3.05, 3.63) is 59.2 Å². The van der Waals surface area contributed by atoms with Crippen LogP contribution < -0.4 is 5.32 Å². The molecule has 1 amide bonds. The van der Waals surface area contributed by atoms with Gasteiger partial charge in [0.25, 0.3) is 5.91 Å². The molecule has 0 saturated carbocycles. The number of amides is 1. The van der Waals surface area contributed by atoms with Crippen molar-refractivity contribution in [3.63, 3.8) is 0 Å². The first-order valence-electron chi connectivity index (χ1n) is 6.41. The van der Waals surface area contributed by atoms with Crippen molar-refractivity contribution in [2.45, 2.75) is 6.92 Å². The molecule has 0 unspecified atom stereocenters. The number of aliphatic hydroxyl groups excluding tert-OH is 1. The van der Waals surface area contributed by atoms with E-state index in [4.69, 9.17) is 5.11 Å². The molecule has 0 bridgehead atoms. The van der Waals surface area contributed by atoms with Gasteiger partial charge in [-0.2, -0.15) is 0 Å². The zero-order valence-corrected chi connectivity index (χ0v) is 11.6. The van der Waals surface area contributed by atoms with Crippen LogP contribution in [0.25, 0.3) is 0 Å². The van der Waals surface area contributed by atoms with Crippen molar-refractivity contribution in [1.29, 1.82) is 0 Å². The summed E-state index contributed by atoms with van der Waals surface area (Å²) < 4.78 is 0. The fourth-order valence-electron chi connectivity index (χ4n) is 1.85. The molecular weight excluding hydrogens is 266 g/mol. The van der Waals surface area contributed by atoms with Crippen molar-refractivity contribution in [2.24, 2.45) is 0 Å². The zero-order chi connectivity index (χ0) is 15.2. The summed E-state index contributed by atoms with van der Waals surface area (Å²) >= 11 is 0. The van der Waals surface area contributed by atoms with E-state index in [0.717, 1.165) is 5.56 Å². The second-order valence-corrected chi connectivity index (χ2v) is 4.44. The average Bonchev–Trinajstić information content (AvgIpc) is 2.49. The Morgan fingerprint density at radius 2 is 1.90 bits per heavy atom. The number of hydrogen-bond donors (Lipinski definition) is 3. The van der Waals surface area contributed by atoms with E-state index >= 15 is 0 Å². The van der Waals surface area contributed by atoms with Crippen LogP contribution in [0.5, 0.6) is 5.75 Å². The number of hydrogen-bond acceptors (Lipinski definition) is 3. The van der Waals surface area contributed by atoms with E-state index in [9.17, 15) is 9.90 Å². The van der Waals surface area contributed by atoms with E-state index < -0.39 is 0 Å². The quantitative estimate of drug-likeness (QED) is 0.740. The topological polar surface area (TPSA) is 69.6 Å². The van der Waals surface area contributed by atoms with E-state index in [0.29, 0.717) is 16.8 Å². The number of rotatable bonds is 2. The van der Waals surface area contributed by atoms with Gasteiger partial charge in [-0.25, -0.2) is 0 Å². The molecule has 0 aromatic heterocycles. The van der Waals surface area contributed by atoms with Gasteiger partial charge in [0.05, 0.1) is 0 Å². The predicted octanol–water partition coefficient (Wildman–Crippen LogP) is 2.30. The minimum atomic E-state index is -0.280. The molecule has 3 N–H and O–H groups in total. The van der Waals surface area contributed by atoms with Crippen LogP contribution in [0.4, 0.5) is 5.69 Å². The minimum absolute atomic E-state index is 0.0947. The molecule has 0 aliphatic carbocycles. The van der Waals surface area contributed by atoms with Crippen LogP contribution in [0, 0.1) is 18.8 Å². The Balaban J connectivity index is 2.14. The first kappa shape index (κ1) is 14.6. The molecule has 0 fully saturated rings. The van der Waals surface area contributed by atoms with Crippen LogP contribution in [0.15, 0.2) is 42.5 Å². The molecule has 21 heavy (non-hydrogen) atoms. The first-order valence-corrected chi connectivity index (χ1v) is 6.41. The summed E-state index contributed by atoms with van der Waals surface area (Å²) in [5.74, 6) is 5.15. The lowest BCUT2D eigenvalue weighted by molar-refractivity contribution is 0.102. The monoisotopic (exact) mass is 281 g/mol. The molecule has 4 heteroatoms. The maximum Gasteiger partial charge on any atom is 0.256 e. The molecule has 0 radical (unpaired) electrons. The summed E-state index contributed by atoms with van der Waals surface area (Å²) in [6, 6.07) is 11.8. The molecule has 4 nitrogen and oxygen atoms in total. The highest BCUT2D eigenvalue weighted by Crippen LogP contribution is 2.20. The number of anilines is 1. The molecule has 2 aromatic rings. The predicted molar refractivity (Wildman–Crippen MR) is 81.2 cm³/mol. The first-order chi connectivity index (χ1) is 10.1. The van der Waals surface area contributed by atoms with Gasteiger partial charge in [0, 0.05) is 22.4 Å². The van der Waals surface area contributed by atoms with E-state index in [1.807, 2.05) is 0 Å². The molecule has 0 spiro atoms. The zero-order valence-electron chi connectivity index (χ0n) is 11.6. The third kappa shape index (κ3) is 3.62. The van der Waals surface area contributed by atoms with Gasteiger partial charge in [0.15, 0.2) is 0 Å². The molecule has 0 heterocycles. The molecule has 0 aliphatic heterocycles. The third-order valence-electron chi connectivity index (χ3n) is 3.00. The molecule has 0 aliphatic rings. The molecular formula is C17H15NO3. The second-order valence-electron chi connectivity index (χ2n) is 4.44. The van der Waals surface area contributed by atoms with Gasteiger partial charge in [-0.3, -0.25) is 4.79 Å². The summed E-state index contributed by atoms with van der Waals surface area (Å²) in [4.78, 5) is 12.2. The Hall–Kier alpha value is -2.77. The highest BCUT2D eigenvalue weighted by Gasteiger charge is 2.11. The van der Waals surface area contributed by atoms with Crippen molar-refractivity contribution < 1.29 is 15.0 Å². The van der Waals surface area contributed by atoms with Gasteiger partial charge in [-0.15, -0.1) is 0 Å². The lowest BCUT2D eigenvalue weighted by Crippen LogP contribution is -2.13. The number of carbonyl (C=O) groups is 1. The van der Waals surface area contributed by atoms with Gasteiger partial charge < -0.3 is 15.5 Å². The standard InChI is InChI=1S/C17H15NO3/c1-12-15(5-2-6-16(12)20)17(21)18-14-9-7-13(8-10-14)4-3-11-19/h2,5-10,19-20H,11H2,1H3,(H,18,21). The van der Waals surface area contributed by atoms with Crippen LogP contribution in [0.2, 0.25) is 0 Å². The number of aromatic hydroxyl groups is 1. The van der Waals surface area contributed by atoms with Gasteiger partial charge in [0.1, 0.15) is 12.4 Å². The third-order valence-corrected chi connectivity index (χ3v) is 3.00. The van der Waals surface area contributed by atoms with Gasteiger partial charge in [0.2, 0.25) is 0 Å². The smallest absolute Gasteiger partial charge is 0.256 e. The molecule has 2 rings (SSSR count). The number of aliphatic hydroxyl groups is 1. The van der Waals surface area contributed by atoms with Crippen molar-refractivity contribution in [3.8, 4) is 17.6 Å². The molecule has 2 aromatic carbocycles. The summed E-state index contributed by atoms with van der Waals surface area (Å²) in [5.41, 5.74) is 2.37. The normalized spacial score (nSPS) is 9.62. The van der Waals surface area contributed by atoms with Gasteiger partial charge in [-0.05, 0) is 43.3 Å². The number of benzene rings is 2. The summed E-state index contributed by atoms with van der Waals surface area (Å²) in [5, 5.41) is 21.0. The number of nitrogens with one attached hydrogen (secondary N) is 1. The Bertz CT molecular complexity index is 709. The highest BCUT2D eigenvalue weighted by atomic mass is 16.3. The number of phenols is 1. The van der Waals surface area contributed by atoms with Gasteiger partial charge in [-0.1, -0.05) is 17.9 Å². The highest BCUT2D eigenvalue weighted by molar-refractivity contribution is 6.05. The SMILES string of the molecule is Cc1c(O)cccc1C(=O)Nc1ccc(C#CCO)cc1. The number of carbonyl (C=O) groups excluding carboxylic acids is 1. The van der Waals surface area contributed by atoms with Crippen LogP contribution in [-0.2, 0) is 0 Å². The van der Waals surface area contributed by atoms with Crippen molar-refractivity contribution >= 4 is 11.6 Å². The Morgan fingerprint density at radius 1 is 1.19 bits per heavy atom. The maximum atomic E-state index is 12.2. The average molecular weight is 281 g/mol. The molecule has 0 atom stereocenters. The summed E-state index contributed by atoms with van der Waals surface area (Å²) in [6.45, 7) is 1.51. The van der Waals surface area contributed by atoms with E-state index in [-0.39, 0.29) is 18.3 Å². The van der Waals surface area contributed by atoms with E-state index in [1.54, 1.807) is 49.4 Å². The molecule has 106 valence electrons. The fraction of sp³-hybridized carbons (Fsp3) is 0.118. The van der Waals surface area contributed by atoms with E-state index in [1.165, 1.54) is 0 Å². The summed E-state index contributed by atoms with van der Waals surface area (Å²) in [7, 11) is 0. The lowest BCUT2D eigenvalue weighted by atomic mass is 10.1. The minimum Gasteiger partial charge on any atom is -0.508 e. The van der Waals surface area contributed by atoms with Crippen LogP contribution in [0.3, 0.4) is 0 Å². The largest absolute Gasteiger partial charge is 0.508 e. The maximum absolute atomic E-state index is 12.2. The number of phenolic OH excluding ortho intramolecular Hbond substituents is 1. The van der Waals surface area contributed by atoms with Crippen LogP contribution >= 0.6 is 0 Å². The fourth-order valence-corrected chi connectivity index (χ4v) is 1.85. The van der Waals surface area contributed by atoms with Crippen LogP contribution in [0.1, 0.15) is 21.5 Å². The van der Waals surface area contributed by atoms with Crippen LogP contribution in [-0.4, -0.2) is 22.7 Å². The van der Waals surface area contributed by atoms with Gasteiger partial charge >= 0.3 is 0 Å². The van der Waals surface area contributed by atoms with Crippen molar-refractivity contribution in [2.75, 3.05) is 11.9 Å². The Morgan fingerprint density at radius 3 is 2.57 bits per heavy atom.